The molecule has 0 aliphatic rings. The van der Waals surface area contributed by atoms with Gasteiger partial charge in [0, 0.05) is 11.6 Å². The van der Waals surface area contributed by atoms with Gasteiger partial charge in [0.25, 0.3) is 5.91 Å². The molecule has 0 atom stereocenters. The summed E-state index contributed by atoms with van der Waals surface area (Å²) in [7, 11) is 1.29. The number of nitrogens with zero attached hydrogens (tertiary/aromatic N) is 2. The van der Waals surface area contributed by atoms with Crippen LogP contribution in [-0.2, 0) is 16.0 Å². The Labute approximate surface area is 118 Å². The van der Waals surface area contributed by atoms with Crippen molar-refractivity contribution in [1.29, 1.82) is 0 Å². The molecule has 0 aromatic carbocycles. The van der Waals surface area contributed by atoms with E-state index in [9.17, 15) is 14.7 Å². The number of methoxy groups -OCH3 is 1. The number of aromatic nitrogens is 2. The second-order valence-electron chi connectivity index (χ2n) is 3.72. The summed E-state index contributed by atoms with van der Waals surface area (Å²) in [5, 5.41) is 14.0. The Hall–Kier alpha value is -2.48. The van der Waals surface area contributed by atoms with Gasteiger partial charge in [-0.2, -0.15) is 0 Å². The first-order chi connectivity index (χ1) is 9.60. The molecule has 0 spiro atoms. The molecule has 0 saturated heterocycles. The van der Waals surface area contributed by atoms with E-state index in [1.165, 1.54) is 36.8 Å². The second kappa shape index (κ2) is 6.11. The predicted molar refractivity (Wildman–Crippen MR) is 71.7 cm³/mol. The molecule has 1 amide bonds. The minimum absolute atomic E-state index is 0.0394. The quantitative estimate of drug-likeness (QED) is 0.822. The lowest BCUT2D eigenvalue weighted by Crippen LogP contribution is -2.13. The van der Waals surface area contributed by atoms with Gasteiger partial charge in [0.2, 0.25) is 0 Å². The summed E-state index contributed by atoms with van der Waals surface area (Å²) < 4.78 is 4.52. The summed E-state index contributed by atoms with van der Waals surface area (Å²) >= 11 is 1.17. The molecule has 0 aliphatic carbocycles. The number of esters is 1. The minimum atomic E-state index is -0.568. The van der Waals surface area contributed by atoms with Gasteiger partial charge in [0.05, 0.1) is 19.2 Å². The van der Waals surface area contributed by atoms with Crippen LogP contribution in [0, 0.1) is 0 Å². The fourth-order valence-electron chi connectivity index (χ4n) is 1.39. The van der Waals surface area contributed by atoms with E-state index in [0.29, 0.717) is 10.8 Å². The fourth-order valence-corrected chi connectivity index (χ4v) is 2.10. The third-order valence-corrected chi connectivity index (χ3v) is 3.13. The SMILES string of the molecule is COC(=O)Cc1csc(NC(=O)c2ncccc2O)n1. The molecule has 2 N–H and O–H groups in total. The lowest BCUT2D eigenvalue weighted by Gasteiger charge is -2.02. The lowest BCUT2D eigenvalue weighted by atomic mass is 10.3. The average Bonchev–Trinajstić information content (AvgIpc) is 2.86. The van der Waals surface area contributed by atoms with Crippen LogP contribution in [0.1, 0.15) is 16.2 Å². The van der Waals surface area contributed by atoms with E-state index in [1.54, 1.807) is 5.38 Å². The zero-order valence-electron chi connectivity index (χ0n) is 10.5. The molecule has 8 heteroatoms. The van der Waals surface area contributed by atoms with Crippen LogP contribution in [0.2, 0.25) is 0 Å². The van der Waals surface area contributed by atoms with Gasteiger partial charge < -0.3 is 9.84 Å². The number of thiazole rings is 1. The second-order valence-corrected chi connectivity index (χ2v) is 4.58. The van der Waals surface area contributed by atoms with E-state index in [0.717, 1.165) is 0 Å². The molecule has 2 aromatic heterocycles. The molecular formula is C12H11N3O4S. The highest BCUT2D eigenvalue weighted by Crippen LogP contribution is 2.19. The van der Waals surface area contributed by atoms with Crippen molar-refractivity contribution in [3.05, 3.63) is 35.1 Å². The van der Waals surface area contributed by atoms with Gasteiger partial charge >= 0.3 is 5.97 Å². The molecule has 0 unspecified atom stereocenters. The lowest BCUT2D eigenvalue weighted by molar-refractivity contribution is -0.139. The number of hydrogen-bond donors (Lipinski definition) is 2. The maximum absolute atomic E-state index is 11.9. The summed E-state index contributed by atoms with van der Waals surface area (Å²) in [6, 6.07) is 2.89. The van der Waals surface area contributed by atoms with Crippen molar-refractivity contribution in [2.45, 2.75) is 6.42 Å². The average molecular weight is 293 g/mol. The number of carbonyl (C=O) groups excluding carboxylic acids is 2. The molecule has 0 aliphatic heterocycles. The molecule has 0 fully saturated rings. The molecular weight excluding hydrogens is 282 g/mol. The van der Waals surface area contributed by atoms with Gasteiger partial charge in [0.1, 0.15) is 5.75 Å². The maximum Gasteiger partial charge on any atom is 0.311 e. The van der Waals surface area contributed by atoms with Gasteiger partial charge in [-0.15, -0.1) is 11.3 Å². The molecule has 20 heavy (non-hydrogen) atoms. The zero-order chi connectivity index (χ0) is 14.5. The van der Waals surface area contributed by atoms with Crippen molar-refractivity contribution >= 4 is 28.3 Å². The van der Waals surface area contributed by atoms with Crippen molar-refractivity contribution in [3.63, 3.8) is 0 Å². The van der Waals surface area contributed by atoms with Gasteiger partial charge in [0.15, 0.2) is 10.8 Å². The van der Waals surface area contributed by atoms with Crippen LogP contribution in [0.5, 0.6) is 5.75 Å². The van der Waals surface area contributed by atoms with Gasteiger partial charge in [-0.3, -0.25) is 14.9 Å². The third kappa shape index (κ3) is 3.29. The van der Waals surface area contributed by atoms with Crippen molar-refractivity contribution in [2.75, 3.05) is 12.4 Å². The number of ether oxygens (including phenoxy) is 1. The topological polar surface area (TPSA) is 101 Å². The highest BCUT2D eigenvalue weighted by atomic mass is 32.1. The van der Waals surface area contributed by atoms with Crippen LogP contribution in [0.4, 0.5) is 5.13 Å². The molecule has 0 radical (unpaired) electrons. The molecule has 0 bridgehead atoms. The van der Waals surface area contributed by atoms with Crippen molar-refractivity contribution in [3.8, 4) is 5.75 Å². The smallest absolute Gasteiger partial charge is 0.311 e. The first-order valence-corrected chi connectivity index (χ1v) is 6.44. The first kappa shape index (κ1) is 13.9. The van der Waals surface area contributed by atoms with Crippen LogP contribution in [-0.4, -0.2) is 34.1 Å². The van der Waals surface area contributed by atoms with Crippen molar-refractivity contribution < 1.29 is 19.4 Å². The first-order valence-electron chi connectivity index (χ1n) is 5.56. The summed E-state index contributed by atoms with van der Waals surface area (Å²) in [5.41, 5.74) is 0.416. The molecule has 2 rings (SSSR count). The monoisotopic (exact) mass is 293 g/mol. The number of hydrogen-bond acceptors (Lipinski definition) is 7. The van der Waals surface area contributed by atoms with Crippen molar-refractivity contribution in [1.82, 2.24) is 9.97 Å². The molecule has 104 valence electrons. The number of amides is 1. The predicted octanol–water partition coefficient (Wildman–Crippen LogP) is 1.21. The van der Waals surface area contributed by atoms with Crippen LogP contribution in [0.15, 0.2) is 23.7 Å². The fraction of sp³-hybridized carbons (Fsp3) is 0.167. The summed E-state index contributed by atoms with van der Waals surface area (Å²) in [6.07, 6.45) is 1.44. The van der Waals surface area contributed by atoms with Gasteiger partial charge in [-0.05, 0) is 12.1 Å². The molecule has 0 saturated carbocycles. The normalized spacial score (nSPS) is 10.1. The van der Waals surface area contributed by atoms with Gasteiger partial charge in [-0.1, -0.05) is 0 Å². The Balaban J connectivity index is 2.05. The van der Waals surface area contributed by atoms with E-state index >= 15 is 0 Å². The van der Waals surface area contributed by atoms with Crippen LogP contribution in [0.3, 0.4) is 0 Å². The highest BCUT2D eigenvalue weighted by Gasteiger charge is 2.14. The Kier molecular flexibility index (Phi) is 4.26. The number of carbonyl (C=O) groups is 2. The Morgan fingerprint density at radius 1 is 1.50 bits per heavy atom. The summed E-state index contributed by atoms with van der Waals surface area (Å²) in [5.74, 6) is -1.19. The van der Waals surface area contributed by atoms with Crippen molar-refractivity contribution in [2.24, 2.45) is 0 Å². The third-order valence-electron chi connectivity index (χ3n) is 2.33. The largest absolute Gasteiger partial charge is 0.505 e. The molecule has 7 nitrogen and oxygen atoms in total. The minimum Gasteiger partial charge on any atom is -0.505 e. The van der Waals surface area contributed by atoms with Crippen LogP contribution >= 0.6 is 11.3 Å². The number of rotatable bonds is 4. The van der Waals surface area contributed by atoms with E-state index in [-0.39, 0.29) is 17.9 Å². The number of pyridine rings is 1. The number of nitrogens with one attached hydrogen (secondary N) is 1. The van der Waals surface area contributed by atoms with Gasteiger partial charge in [-0.25, -0.2) is 9.97 Å². The van der Waals surface area contributed by atoms with E-state index in [4.69, 9.17) is 0 Å². The Morgan fingerprint density at radius 2 is 2.30 bits per heavy atom. The zero-order valence-corrected chi connectivity index (χ0v) is 11.3. The Bertz CT molecular complexity index is 641. The molecule has 2 heterocycles. The summed E-state index contributed by atoms with van der Waals surface area (Å²) in [6.45, 7) is 0. The standard InChI is InChI=1S/C12H11N3O4S/c1-19-9(17)5-7-6-20-12(14-7)15-11(18)10-8(16)3-2-4-13-10/h2-4,6,16H,5H2,1H3,(H,14,15,18). The Morgan fingerprint density at radius 3 is 3.00 bits per heavy atom. The van der Waals surface area contributed by atoms with Crippen LogP contribution < -0.4 is 5.32 Å². The van der Waals surface area contributed by atoms with E-state index in [1.807, 2.05) is 0 Å². The van der Waals surface area contributed by atoms with E-state index < -0.39 is 11.9 Å². The number of anilines is 1. The number of aromatic hydroxyl groups is 1. The van der Waals surface area contributed by atoms with Crippen LogP contribution in [0.25, 0.3) is 0 Å². The molecule has 2 aromatic rings. The maximum atomic E-state index is 11.9. The summed E-state index contributed by atoms with van der Waals surface area (Å²) in [4.78, 5) is 30.8. The van der Waals surface area contributed by atoms with E-state index in [2.05, 4.69) is 20.0 Å². The highest BCUT2D eigenvalue weighted by molar-refractivity contribution is 7.14.